The molecule has 3 nitrogen and oxygen atoms in total. The van der Waals surface area contributed by atoms with Gasteiger partial charge in [0.1, 0.15) is 6.04 Å². The molecule has 0 spiro atoms. The van der Waals surface area contributed by atoms with Gasteiger partial charge in [0.05, 0.1) is 0 Å². The van der Waals surface area contributed by atoms with Gasteiger partial charge in [-0.05, 0) is 19.3 Å². The standard InChI is InChI=1S/C9H13NO2/c10-8(9(11)12)6-7-4-2-1-3-5-7/h1-2,5,8H,3-4,6,10H2,(H,11,12). The minimum Gasteiger partial charge on any atom is -0.480 e. The van der Waals surface area contributed by atoms with Crippen molar-refractivity contribution < 1.29 is 9.90 Å². The van der Waals surface area contributed by atoms with Crippen molar-refractivity contribution in [2.75, 3.05) is 0 Å². The Bertz CT molecular complexity index is 231. The first kappa shape index (κ1) is 9.00. The van der Waals surface area contributed by atoms with Crippen LogP contribution in [0, 0.1) is 0 Å². The summed E-state index contributed by atoms with van der Waals surface area (Å²) >= 11 is 0. The normalized spacial score (nSPS) is 18.6. The van der Waals surface area contributed by atoms with Gasteiger partial charge in [0.25, 0.3) is 0 Å². The number of carbonyl (C=O) groups is 1. The SMILES string of the molecule is NC(CC1=CCC=CC1)C(=O)O. The fourth-order valence-electron chi connectivity index (χ4n) is 1.19. The second-order valence-electron chi connectivity index (χ2n) is 2.92. The smallest absolute Gasteiger partial charge is 0.320 e. The highest BCUT2D eigenvalue weighted by atomic mass is 16.4. The van der Waals surface area contributed by atoms with Crippen LogP contribution in [-0.2, 0) is 4.79 Å². The molecule has 0 saturated heterocycles. The summed E-state index contributed by atoms with van der Waals surface area (Å²) in [5.41, 5.74) is 6.51. The molecule has 3 N–H and O–H groups in total. The molecule has 1 atom stereocenters. The Kier molecular flexibility index (Phi) is 3.05. The Labute approximate surface area is 71.6 Å². The molecule has 0 radical (unpaired) electrons. The van der Waals surface area contributed by atoms with Crippen molar-refractivity contribution in [2.45, 2.75) is 25.3 Å². The number of hydrogen-bond acceptors (Lipinski definition) is 2. The summed E-state index contributed by atoms with van der Waals surface area (Å²) in [6.45, 7) is 0. The van der Waals surface area contributed by atoms with E-state index in [2.05, 4.69) is 6.08 Å². The Morgan fingerprint density at radius 3 is 2.92 bits per heavy atom. The van der Waals surface area contributed by atoms with Gasteiger partial charge in [0, 0.05) is 0 Å². The first-order valence-corrected chi connectivity index (χ1v) is 4.01. The van der Waals surface area contributed by atoms with Crippen LogP contribution in [0.3, 0.4) is 0 Å². The van der Waals surface area contributed by atoms with Crippen molar-refractivity contribution in [2.24, 2.45) is 5.73 Å². The largest absolute Gasteiger partial charge is 0.480 e. The summed E-state index contributed by atoms with van der Waals surface area (Å²) in [5.74, 6) is -0.926. The molecule has 0 aliphatic heterocycles. The molecule has 0 aromatic rings. The van der Waals surface area contributed by atoms with Crippen LogP contribution in [-0.4, -0.2) is 17.1 Å². The molecule has 0 saturated carbocycles. The Hall–Kier alpha value is -1.09. The van der Waals surface area contributed by atoms with Gasteiger partial charge in [0.2, 0.25) is 0 Å². The van der Waals surface area contributed by atoms with Crippen LogP contribution in [0.15, 0.2) is 23.8 Å². The molecule has 1 aliphatic carbocycles. The molecular weight excluding hydrogens is 154 g/mol. The molecule has 0 amide bonds. The topological polar surface area (TPSA) is 63.3 Å². The zero-order valence-corrected chi connectivity index (χ0v) is 6.86. The van der Waals surface area contributed by atoms with Crippen molar-refractivity contribution in [1.29, 1.82) is 0 Å². The predicted molar refractivity (Wildman–Crippen MR) is 46.7 cm³/mol. The lowest BCUT2D eigenvalue weighted by molar-refractivity contribution is -0.138. The van der Waals surface area contributed by atoms with E-state index in [1.54, 1.807) is 0 Å². The fraction of sp³-hybridized carbons (Fsp3) is 0.444. The van der Waals surface area contributed by atoms with Gasteiger partial charge in [0.15, 0.2) is 0 Å². The summed E-state index contributed by atoms with van der Waals surface area (Å²) in [7, 11) is 0. The number of allylic oxidation sites excluding steroid dienone is 3. The molecule has 1 unspecified atom stereocenters. The first-order valence-electron chi connectivity index (χ1n) is 4.01. The first-order chi connectivity index (χ1) is 5.70. The molecule has 0 fully saturated rings. The average Bonchev–Trinajstić information content (AvgIpc) is 2.06. The van der Waals surface area contributed by atoms with Crippen molar-refractivity contribution in [3.8, 4) is 0 Å². The van der Waals surface area contributed by atoms with E-state index in [9.17, 15) is 4.79 Å². The van der Waals surface area contributed by atoms with Gasteiger partial charge in [-0.3, -0.25) is 4.79 Å². The van der Waals surface area contributed by atoms with E-state index in [4.69, 9.17) is 10.8 Å². The number of carboxylic acids is 1. The van der Waals surface area contributed by atoms with E-state index in [-0.39, 0.29) is 0 Å². The number of nitrogens with two attached hydrogens (primary N) is 1. The zero-order valence-electron chi connectivity index (χ0n) is 6.86. The summed E-state index contributed by atoms with van der Waals surface area (Å²) in [6.07, 6.45) is 8.38. The molecule has 66 valence electrons. The van der Waals surface area contributed by atoms with E-state index >= 15 is 0 Å². The fourth-order valence-corrected chi connectivity index (χ4v) is 1.19. The average molecular weight is 167 g/mol. The van der Waals surface area contributed by atoms with Crippen molar-refractivity contribution in [3.05, 3.63) is 23.8 Å². The predicted octanol–water partition coefficient (Wildman–Crippen LogP) is 1.06. The quantitative estimate of drug-likeness (QED) is 0.618. The van der Waals surface area contributed by atoms with E-state index in [0.717, 1.165) is 18.4 Å². The lowest BCUT2D eigenvalue weighted by Crippen LogP contribution is -2.30. The van der Waals surface area contributed by atoms with Crippen LogP contribution in [0.1, 0.15) is 19.3 Å². The second kappa shape index (κ2) is 4.07. The maximum Gasteiger partial charge on any atom is 0.320 e. The molecule has 0 bridgehead atoms. The van der Waals surface area contributed by atoms with Crippen LogP contribution >= 0.6 is 0 Å². The lowest BCUT2D eigenvalue weighted by atomic mass is 9.99. The van der Waals surface area contributed by atoms with Crippen LogP contribution in [0.4, 0.5) is 0 Å². The van der Waals surface area contributed by atoms with Crippen LogP contribution in [0.25, 0.3) is 0 Å². The Balaban J connectivity index is 2.40. The molecule has 1 aliphatic rings. The monoisotopic (exact) mass is 167 g/mol. The summed E-state index contributed by atoms with van der Waals surface area (Å²) in [6, 6.07) is -0.747. The van der Waals surface area contributed by atoms with Gasteiger partial charge < -0.3 is 10.8 Å². The summed E-state index contributed by atoms with van der Waals surface area (Å²) < 4.78 is 0. The summed E-state index contributed by atoms with van der Waals surface area (Å²) in [4.78, 5) is 10.4. The van der Waals surface area contributed by atoms with E-state index in [1.165, 1.54) is 0 Å². The lowest BCUT2D eigenvalue weighted by Gasteiger charge is -2.10. The number of aliphatic carboxylic acids is 1. The Morgan fingerprint density at radius 1 is 1.67 bits per heavy atom. The van der Waals surface area contributed by atoms with Gasteiger partial charge in [-0.1, -0.05) is 23.8 Å². The molecular formula is C9H13NO2. The van der Waals surface area contributed by atoms with Gasteiger partial charge in [-0.15, -0.1) is 0 Å². The van der Waals surface area contributed by atoms with Crippen molar-refractivity contribution in [1.82, 2.24) is 0 Å². The molecule has 0 aromatic carbocycles. The van der Waals surface area contributed by atoms with Gasteiger partial charge in [-0.25, -0.2) is 0 Å². The van der Waals surface area contributed by atoms with Crippen LogP contribution in [0.2, 0.25) is 0 Å². The molecule has 0 heterocycles. The number of carboxylic acid groups (broad SMARTS) is 1. The maximum absolute atomic E-state index is 10.4. The highest BCUT2D eigenvalue weighted by molar-refractivity contribution is 5.73. The minimum atomic E-state index is -0.926. The summed E-state index contributed by atoms with van der Waals surface area (Å²) in [5, 5.41) is 8.54. The second-order valence-corrected chi connectivity index (χ2v) is 2.92. The molecule has 0 aromatic heterocycles. The van der Waals surface area contributed by atoms with Crippen molar-refractivity contribution >= 4 is 5.97 Å². The molecule has 3 heteroatoms. The molecule has 12 heavy (non-hydrogen) atoms. The Morgan fingerprint density at radius 2 is 2.42 bits per heavy atom. The third-order valence-electron chi connectivity index (χ3n) is 1.89. The number of rotatable bonds is 3. The number of hydrogen-bond donors (Lipinski definition) is 2. The minimum absolute atomic E-state index is 0.472. The van der Waals surface area contributed by atoms with Crippen LogP contribution < -0.4 is 5.73 Å². The van der Waals surface area contributed by atoms with Crippen LogP contribution in [0.5, 0.6) is 0 Å². The van der Waals surface area contributed by atoms with Gasteiger partial charge >= 0.3 is 5.97 Å². The zero-order chi connectivity index (χ0) is 8.97. The highest BCUT2D eigenvalue weighted by Crippen LogP contribution is 2.15. The van der Waals surface area contributed by atoms with E-state index < -0.39 is 12.0 Å². The third-order valence-corrected chi connectivity index (χ3v) is 1.89. The molecule has 1 rings (SSSR count). The van der Waals surface area contributed by atoms with E-state index in [0.29, 0.717) is 6.42 Å². The van der Waals surface area contributed by atoms with E-state index in [1.807, 2.05) is 12.2 Å². The van der Waals surface area contributed by atoms with Gasteiger partial charge in [-0.2, -0.15) is 0 Å². The van der Waals surface area contributed by atoms with Crippen molar-refractivity contribution in [3.63, 3.8) is 0 Å². The highest BCUT2D eigenvalue weighted by Gasteiger charge is 2.13. The third kappa shape index (κ3) is 2.51. The maximum atomic E-state index is 10.4.